The average molecular weight is 436 g/mol. The monoisotopic (exact) mass is 435 g/mol. The number of nitrogens with zero attached hydrogens (tertiary/aromatic N) is 2. The van der Waals surface area contributed by atoms with Gasteiger partial charge in [-0.1, -0.05) is 58.0 Å². The fraction of sp³-hybridized carbons (Fsp3) is 0.630. The molecule has 1 aromatic carbocycles. The lowest BCUT2D eigenvalue weighted by atomic mass is 9.63. The van der Waals surface area contributed by atoms with Crippen LogP contribution in [-0.2, 0) is 10.3 Å². The van der Waals surface area contributed by atoms with Crippen LogP contribution in [-0.4, -0.2) is 21.9 Å². The summed E-state index contributed by atoms with van der Waals surface area (Å²) in [6, 6.07) is 10.6. The number of hydrogen-bond donors (Lipinski definition) is 1. The first kappa shape index (κ1) is 21.5. The van der Waals surface area contributed by atoms with Crippen LogP contribution >= 0.6 is 0 Å². The Hall–Kier alpha value is -2.30. The zero-order valence-electron chi connectivity index (χ0n) is 20.6. The smallest absolute Gasteiger partial charge is 0.344 e. The summed E-state index contributed by atoms with van der Waals surface area (Å²) in [4.78, 5) is 13.7. The van der Waals surface area contributed by atoms with Crippen molar-refractivity contribution in [2.75, 3.05) is 5.32 Å². The Labute approximate surface area is 191 Å². The molecule has 32 heavy (non-hydrogen) atoms. The molecule has 2 heterocycles. The maximum absolute atomic E-state index is 13.7. The second kappa shape index (κ2) is 6.61. The van der Waals surface area contributed by atoms with Gasteiger partial charge in [0, 0.05) is 10.8 Å². The number of rotatable bonds is 3. The molecule has 0 spiro atoms. The predicted octanol–water partition coefficient (Wildman–Crippen LogP) is 6.25. The van der Waals surface area contributed by atoms with Crippen LogP contribution in [0.1, 0.15) is 94.9 Å². The molecule has 3 aliphatic rings. The Balaban J connectivity index is 1.50. The number of carbonyl (C=O) groups excluding carboxylic acids is 1. The number of carbonyl (C=O) groups is 1. The first-order valence-electron chi connectivity index (χ1n) is 12.0. The van der Waals surface area contributed by atoms with E-state index in [0.717, 1.165) is 30.8 Å². The third-order valence-corrected chi connectivity index (χ3v) is 9.17. The van der Waals surface area contributed by atoms with Gasteiger partial charge in [-0.05, 0) is 57.4 Å². The molecule has 2 aliphatic carbocycles. The Morgan fingerprint density at radius 3 is 2.41 bits per heavy atom. The van der Waals surface area contributed by atoms with E-state index in [1.807, 2.05) is 17.7 Å². The van der Waals surface area contributed by atoms with Gasteiger partial charge in [-0.3, -0.25) is 0 Å². The van der Waals surface area contributed by atoms with Crippen LogP contribution in [0.4, 0.5) is 5.82 Å². The van der Waals surface area contributed by atoms with Gasteiger partial charge in [0.25, 0.3) is 0 Å². The molecule has 5 heteroatoms. The predicted molar refractivity (Wildman–Crippen MR) is 127 cm³/mol. The molecule has 2 aromatic rings. The number of nitrogens with one attached hydrogen (secondary N) is 1. The van der Waals surface area contributed by atoms with E-state index in [-0.39, 0.29) is 39.9 Å². The molecule has 2 saturated carbocycles. The molecule has 0 amide bonds. The minimum Gasteiger partial charge on any atom is -0.457 e. The number of aromatic nitrogens is 2. The quantitative estimate of drug-likeness (QED) is 0.579. The number of esters is 1. The summed E-state index contributed by atoms with van der Waals surface area (Å²) in [6.07, 6.45) is 4.26. The standard InChI is InChI=1S/C27H37N3O2/c1-17-20(22(31)32-23-25(4,5)27(7)14-13-26(23,6)16-27)21-28-19(18-11-9-8-10-12-18)15-24(2,3)30(21)29-17/h8-12,19,23,28H,13-16H2,1-7H3/t19?,23?,26-,27+/m1/s1. The van der Waals surface area contributed by atoms with Crippen LogP contribution in [0.5, 0.6) is 0 Å². The molecule has 2 unspecified atom stereocenters. The minimum absolute atomic E-state index is 0.0456. The normalized spacial score (nSPS) is 34.1. The zero-order valence-corrected chi connectivity index (χ0v) is 20.6. The van der Waals surface area contributed by atoms with Crippen LogP contribution in [0, 0.1) is 23.2 Å². The Morgan fingerprint density at radius 1 is 1.09 bits per heavy atom. The summed E-state index contributed by atoms with van der Waals surface area (Å²) in [6.45, 7) is 15.5. The van der Waals surface area contributed by atoms with Gasteiger partial charge in [-0.2, -0.15) is 5.10 Å². The van der Waals surface area contributed by atoms with Gasteiger partial charge in [0.1, 0.15) is 17.5 Å². The van der Waals surface area contributed by atoms with Crippen LogP contribution in [0.25, 0.3) is 0 Å². The molecule has 4 atom stereocenters. The van der Waals surface area contributed by atoms with Crippen molar-refractivity contribution < 1.29 is 9.53 Å². The van der Waals surface area contributed by atoms with Gasteiger partial charge in [0.15, 0.2) is 0 Å². The van der Waals surface area contributed by atoms with E-state index >= 15 is 0 Å². The van der Waals surface area contributed by atoms with E-state index in [9.17, 15) is 4.79 Å². The fourth-order valence-electron chi connectivity index (χ4n) is 7.08. The van der Waals surface area contributed by atoms with Crippen molar-refractivity contribution in [1.82, 2.24) is 9.78 Å². The summed E-state index contributed by atoms with van der Waals surface area (Å²) >= 11 is 0. The summed E-state index contributed by atoms with van der Waals surface area (Å²) < 4.78 is 8.39. The Kier molecular flexibility index (Phi) is 4.45. The number of anilines is 1. The third kappa shape index (κ3) is 2.89. The second-order valence-corrected chi connectivity index (χ2v) is 12.2. The first-order valence-corrected chi connectivity index (χ1v) is 12.0. The van der Waals surface area contributed by atoms with Crippen molar-refractivity contribution >= 4 is 11.8 Å². The average Bonchev–Trinajstić information content (AvgIpc) is 3.28. The molecule has 1 N–H and O–H groups in total. The summed E-state index contributed by atoms with van der Waals surface area (Å²) in [5, 5.41) is 8.43. The second-order valence-electron chi connectivity index (χ2n) is 12.2. The van der Waals surface area contributed by atoms with E-state index in [1.165, 1.54) is 12.0 Å². The van der Waals surface area contributed by atoms with Gasteiger partial charge in [0.2, 0.25) is 0 Å². The van der Waals surface area contributed by atoms with Gasteiger partial charge < -0.3 is 10.1 Å². The van der Waals surface area contributed by atoms with Crippen LogP contribution in [0.15, 0.2) is 30.3 Å². The van der Waals surface area contributed by atoms with E-state index < -0.39 is 0 Å². The van der Waals surface area contributed by atoms with E-state index in [4.69, 9.17) is 9.84 Å². The highest BCUT2D eigenvalue weighted by Crippen LogP contribution is 2.70. The molecule has 0 radical (unpaired) electrons. The molecule has 2 fully saturated rings. The first-order chi connectivity index (χ1) is 14.9. The molecule has 1 aromatic heterocycles. The van der Waals surface area contributed by atoms with E-state index in [1.54, 1.807) is 0 Å². The van der Waals surface area contributed by atoms with Crippen LogP contribution < -0.4 is 5.32 Å². The van der Waals surface area contributed by atoms with Crippen LogP contribution in [0.3, 0.4) is 0 Å². The highest BCUT2D eigenvalue weighted by molar-refractivity contribution is 5.96. The number of fused-ring (bicyclic) bond motifs is 3. The van der Waals surface area contributed by atoms with Gasteiger partial charge in [0.05, 0.1) is 17.3 Å². The zero-order chi connectivity index (χ0) is 23.1. The maximum Gasteiger partial charge on any atom is 0.344 e. The largest absolute Gasteiger partial charge is 0.457 e. The Bertz CT molecular complexity index is 1070. The Morgan fingerprint density at radius 2 is 1.78 bits per heavy atom. The van der Waals surface area contributed by atoms with Gasteiger partial charge in [-0.25, -0.2) is 9.48 Å². The number of benzene rings is 1. The van der Waals surface area contributed by atoms with Crippen molar-refractivity contribution in [2.24, 2.45) is 16.2 Å². The molecule has 172 valence electrons. The topological polar surface area (TPSA) is 56.2 Å². The molecule has 2 bridgehead atoms. The summed E-state index contributed by atoms with van der Waals surface area (Å²) in [7, 11) is 0. The lowest BCUT2D eigenvalue weighted by Crippen LogP contribution is -2.46. The molecule has 0 saturated heterocycles. The van der Waals surface area contributed by atoms with Crippen molar-refractivity contribution in [1.29, 1.82) is 0 Å². The van der Waals surface area contributed by atoms with Gasteiger partial charge in [-0.15, -0.1) is 0 Å². The van der Waals surface area contributed by atoms with Crippen molar-refractivity contribution in [2.45, 2.75) is 91.8 Å². The van der Waals surface area contributed by atoms with Crippen molar-refractivity contribution in [3.8, 4) is 0 Å². The van der Waals surface area contributed by atoms with Crippen LogP contribution in [0.2, 0.25) is 0 Å². The highest BCUT2D eigenvalue weighted by Gasteiger charge is 2.67. The highest BCUT2D eigenvalue weighted by atomic mass is 16.5. The lowest BCUT2D eigenvalue weighted by molar-refractivity contribution is -0.0752. The molecule has 5 rings (SSSR count). The number of ether oxygens (including phenoxy) is 1. The summed E-state index contributed by atoms with van der Waals surface area (Å²) in [5.74, 6) is 0.547. The fourth-order valence-corrected chi connectivity index (χ4v) is 7.08. The van der Waals surface area contributed by atoms with Gasteiger partial charge >= 0.3 is 5.97 Å². The number of hydrogen-bond acceptors (Lipinski definition) is 4. The van der Waals surface area contributed by atoms with E-state index in [2.05, 4.69) is 71.1 Å². The van der Waals surface area contributed by atoms with E-state index in [0.29, 0.717) is 5.56 Å². The molecular formula is C27H37N3O2. The minimum atomic E-state index is -0.240. The third-order valence-electron chi connectivity index (χ3n) is 9.17. The number of aryl methyl sites for hydroxylation is 1. The summed E-state index contributed by atoms with van der Waals surface area (Å²) in [5.41, 5.74) is 2.56. The molecular weight excluding hydrogens is 398 g/mol. The molecule has 1 aliphatic heterocycles. The molecule has 5 nitrogen and oxygen atoms in total. The lowest BCUT2D eigenvalue weighted by Gasteiger charge is -2.46. The maximum atomic E-state index is 13.7. The SMILES string of the molecule is Cc1nn2c(c1C(=O)OC1C(C)(C)[C@@]3(C)CC[C@]1(C)C3)NC(c1ccccc1)CC2(C)C. The van der Waals surface area contributed by atoms with Crippen molar-refractivity contribution in [3.05, 3.63) is 47.2 Å². The van der Waals surface area contributed by atoms with Crippen molar-refractivity contribution in [3.63, 3.8) is 0 Å².